The van der Waals surface area contributed by atoms with E-state index in [1.807, 2.05) is 0 Å². The van der Waals surface area contributed by atoms with E-state index in [1.165, 1.54) is 36.7 Å². The Morgan fingerprint density at radius 2 is 2.00 bits per heavy atom. The van der Waals surface area contributed by atoms with Gasteiger partial charge in [-0.1, -0.05) is 26.2 Å². The molecule has 0 saturated carbocycles. The van der Waals surface area contributed by atoms with Crippen LogP contribution in [-0.4, -0.2) is 28.4 Å². The Bertz CT molecular complexity index is 424. The fraction of sp³-hybridized carbons (Fsp3) is 0.533. The van der Waals surface area contributed by atoms with Crippen LogP contribution in [0.25, 0.3) is 0 Å². The number of hydrogen-bond acceptors (Lipinski definition) is 4. The summed E-state index contributed by atoms with van der Waals surface area (Å²) in [4.78, 5) is 12.4. The molecule has 0 radical (unpaired) electrons. The van der Waals surface area contributed by atoms with Gasteiger partial charge in [0.25, 0.3) is 0 Å². The molecule has 0 heterocycles. The molecule has 4 nitrogen and oxygen atoms in total. The Morgan fingerprint density at radius 3 is 2.70 bits per heavy atom. The first-order valence-corrected chi connectivity index (χ1v) is 8.03. The quantitative estimate of drug-likeness (QED) is 0.372. The van der Waals surface area contributed by atoms with Crippen LogP contribution in [0.2, 0.25) is 0 Å². The number of hydrogen-bond donors (Lipinski definition) is 3. The third-order valence-corrected chi connectivity index (χ3v) is 3.89. The number of nitrogens with one attached hydrogen (secondary N) is 1. The summed E-state index contributed by atoms with van der Waals surface area (Å²) in [6, 6.07) is 4.73. The smallest absolute Gasteiger partial charge is 0.220 e. The molecule has 0 unspecified atom stereocenters. The molecule has 0 bridgehead atoms. The van der Waals surface area contributed by atoms with Crippen molar-refractivity contribution in [2.45, 2.75) is 43.9 Å². The van der Waals surface area contributed by atoms with E-state index >= 15 is 0 Å². The van der Waals surface area contributed by atoms with Gasteiger partial charge in [-0.15, -0.1) is 11.8 Å². The van der Waals surface area contributed by atoms with E-state index in [0.717, 1.165) is 23.5 Å². The molecule has 3 N–H and O–H groups in total. The predicted octanol–water partition coefficient (Wildman–Crippen LogP) is 3.28. The highest BCUT2D eigenvalue weighted by Crippen LogP contribution is 2.29. The highest BCUT2D eigenvalue weighted by atomic mass is 32.2. The van der Waals surface area contributed by atoms with Crippen LogP contribution in [-0.2, 0) is 4.79 Å². The molecule has 0 fully saturated rings. The maximum atomic E-state index is 11.5. The van der Waals surface area contributed by atoms with Crippen molar-refractivity contribution >= 4 is 17.7 Å². The summed E-state index contributed by atoms with van der Waals surface area (Å²) in [6.45, 7) is 2.76. The highest BCUT2D eigenvalue weighted by Gasteiger charge is 2.03. The minimum absolute atomic E-state index is 0.107. The molecule has 1 amide bonds. The molecule has 0 aliphatic rings. The summed E-state index contributed by atoms with van der Waals surface area (Å²) in [5.41, 5.74) is 0. The van der Waals surface area contributed by atoms with Crippen molar-refractivity contribution in [3.05, 3.63) is 18.2 Å². The predicted molar refractivity (Wildman–Crippen MR) is 82.3 cm³/mol. The minimum atomic E-state index is -0.116. The van der Waals surface area contributed by atoms with Gasteiger partial charge in [0.2, 0.25) is 5.91 Å². The van der Waals surface area contributed by atoms with Crippen molar-refractivity contribution in [3.8, 4) is 11.5 Å². The van der Waals surface area contributed by atoms with Crippen molar-refractivity contribution < 1.29 is 15.0 Å². The minimum Gasteiger partial charge on any atom is -0.504 e. The van der Waals surface area contributed by atoms with E-state index in [9.17, 15) is 15.0 Å². The average Bonchev–Trinajstić information content (AvgIpc) is 2.43. The molecule has 0 aromatic heterocycles. The Labute approximate surface area is 124 Å². The number of phenols is 2. The fourth-order valence-electron chi connectivity index (χ4n) is 1.75. The lowest BCUT2D eigenvalue weighted by Crippen LogP contribution is -2.25. The molecule has 112 valence electrons. The lowest BCUT2D eigenvalue weighted by molar-refractivity contribution is -0.121. The lowest BCUT2D eigenvalue weighted by Gasteiger charge is -2.06. The highest BCUT2D eigenvalue weighted by molar-refractivity contribution is 7.99. The van der Waals surface area contributed by atoms with E-state index in [-0.39, 0.29) is 17.4 Å². The molecule has 0 aliphatic carbocycles. The molecule has 5 heteroatoms. The standard InChI is InChI=1S/C15H23NO3S/c1-2-3-4-5-6-15(19)16-9-10-20-12-7-8-13(17)14(18)11-12/h7-8,11,17-18H,2-6,9-10H2,1H3,(H,16,19). The van der Waals surface area contributed by atoms with Crippen molar-refractivity contribution in [1.29, 1.82) is 0 Å². The number of amides is 1. The molecule has 1 aromatic carbocycles. The van der Waals surface area contributed by atoms with Crippen LogP contribution in [0, 0.1) is 0 Å². The summed E-state index contributed by atoms with van der Waals surface area (Å²) >= 11 is 1.53. The topological polar surface area (TPSA) is 69.6 Å². The second-order valence-corrected chi connectivity index (χ2v) is 5.83. The first-order chi connectivity index (χ1) is 9.63. The maximum absolute atomic E-state index is 11.5. The molecule has 0 atom stereocenters. The average molecular weight is 297 g/mol. The lowest BCUT2D eigenvalue weighted by atomic mass is 10.1. The van der Waals surface area contributed by atoms with E-state index < -0.39 is 0 Å². The number of rotatable bonds is 9. The first kappa shape index (κ1) is 16.7. The van der Waals surface area contributed by atoms with Crippen molar-refractivity contribution in [1.82, 2.24) is 5.32 Å². The summed E-state index contributed by atoms with van der Waals surface area (Å²) in [5.74, 6) is 0.616. The Morgan fingerprint density at radius 1 is 1.20 bits per heavy atom. The van der Waals surface area contributed by atoms with Crippen LogP contribution in [0.5, 0.6) is 11.5 Å². The number of unbranched alkanes of at least 4 members (excludes halogenated alkanes) is 3. The van der Waals surface area contributed by atoms with E-state index in [4.69, 9.17) is 0 Å². The van der Waals surface area contributed by atoms with Crippen LogP contribution in [0.1, 0.15) is 39.0 Å². The summed E-state index contributed by atoms with van der Waals surface area (Å²) in [6.07, 6.45) is 5.04. The van der Waals surface area contributed by atoms with Crippen molar-refractivity contribution in [2.75, 3.05) is 12.3 Å². The Balaban J connectivity index is 2.12. The van der Waals surface area contributed by atoms with Crippen LogP contribution in [0.15, 0.2) is 23.1 Å². The zero-order chi connectivity index (χ0) is 14.8. The van der Waals surface area contributed by atoms with Gasteiger partial charge >= 0.3 is 0 Å². The fourth-order valence-corrected chi connectivity index (χ4v) is 2.55. The number of benzene rings is 1. The molecule has 0 aliphatic heterocycles. The molecule has 0 saturated heterocycles. The van der Waals surface area contributed by atoms with E-state index in [2.05, 4.69) is 12.2 Å². The zero-order valence-corrected chi connectivity index (χ0v) is 12.7. The van der Waals surface area contributed by atoms with Crippen LogP contribution >= 0.6 is 11.8 Å². The molecule has 20 heavy (non-hydrogen) atoms. The van der Waals surface area contributed by atoms with Gasteiger partial charge in [-0.3, -0.25) is 4.79 Å². The summed E-state index contributed by atoms with van der Waals surface area (Å²) in [5, 5.41) is 21.4. The zero-order valence-electron chi connectivity index (χ0n) is 11.9. The Hall–Kier alpha value is -1.36. The largest absolute Gasteiger partial charge is 0.504 e. The van der Waals surface area contributed by atoms with Gasteiger partial charge in [-0.2, -0.15) is 0 Å². The van der Waals surface area contributed by atoms with Crippen molar-refractivity contribution in [3.63, 3.8) is 0 Å². The number of carbonyl (C=O) groups excluding carboxylic acids is 1. The van der Waals surface area contributed by atoms with E-state index in [1.54, 1.807) is 6.07 Å². The number of aromatic hydroxyl groups is 2. The van der Waals surface area contributed by atoms with Crippen LogP contribution < -0.4 is 5.32 Å². The number of carbonyl (C=O) groups is 1. The first-order valence-electron chi connectivity index (χ1n) is 7.05. The summed E-state index contributed by atoms with van der Waals surface area (Å²) < 4.78 is 0. The maximum Gasteiger partial charge on any atom is 0.220 e. The molecular formula is C15H23NO3S. The second-order valence-electron chi connectivity index (χ2n) is 4.66. The molecular weight excluding hydrogens is 274 g/mol. The van der Waals surface area contributed by atoms with Gasteiger partial charge in [0.15, 0.2) is 11.5 Å². The van der Waals surface area contributed by atoms with Gasteiger partial charge in [0.1, 0.15) is 0 Å². The normalized spacial score (nSPS) is 10.4. The summed E-state index contributed by atoms with van der Waals surface area (Å²) in [7, 11) is 0. The third kappa shape index (κ3) is 6.70. The van der Waals surface area contributed by atoms with Gasteiger partial charge in [-0.25, -0.2) is 0 Å². The molecule has 0 spiro atoms. The van der Waals surface area contributed by atoms with Crippen LogP contribution in [0.4, 0.5) is 0 Å². The monoisotopic (exact) mass is 297 g/mol. The van der Waals surface area contributed by atoms with Gasteiger partial charge in [0, 0.05) is 23.6 Å². The Kier molecular flexibility index (Phi) is 7.95. The van der Waals surface area contributed by atoms with Crippen molar-refractivity contribution in [2.24, 2.45) is 0 Å². The second kappa shape index (κ2) is 9.53. The van der Waals surface area contributed by atoms with E-state index in [0.29, 0.717) is 13.0 Å². The third-order valence-electron chi connectivity index (χ3n) is 2.90. The molecule has 1 aromatic rings. The SMILES string of the molecule is CCCCCCC(=O)NCCSc1ccc(O)c(O)c1. The van der Waals surface area contributed by atoms with Gasteiger partial charge in [0.05, 0.1) is 0 Å². The van der Waals surface area contributed by atoms with Crippen LogP contribution in [0.3, 0.4) is 0 Å². The molecule has 1 rings (SSSR count). The number of thioether (sulfide) groups is 1. The van der Waals surface area contributed by atoms with Gasteiger partial charge in [-0.05, 0) is 24.6 Å². The number of phenolic OH excluding ortho intramolecular Hbond substituents is 2. The van der Waals surface area contributed by atoms with Gasteiger partial charge < -0.3 is 15.5 Å².